The van der Waals surface area contributed by atoms with Crippen LogP contribution in [0.3, 0.4) is 0 Å². The Labute approximate surface area is 179 Å². The number of aromatic nitrogens is 2. The molecule has 1 aliphatic rings. The van der Waals surface area contributed by atoms with Crippen molar-refractivity contribution in [3.05, 3.63) is 94.5 Å². The van der Waals surface area contributed by atoms with Gasteiger partial charge in [0.25, 0.3) is 5.56 Å². The Balaban J connectivity index is 0.000000177. The third kappa shape index (κ3) is 4.90. The lowest BCUT2D eigenvalue weighted by Crippen LogP contribution is -2.07. The van der Waals surface area contributed by atoms with E-state index in [1.807, 2.05) is 60.7 Å². The first-order chi connectivity index (χ1) is 15.2. The summed E-state index contributed by atoms with van der Waals surface area (Å²) in [6.07, 6.45) is 3.11. The van der Waals surface area contributed by atoms with Crippen LogP contribution in [0.4, 0.5) is 5.69 Å². The minimum atomic E-state index is -0.0874. The van der Waals surface area contributed by atoms with Crippen LogP contribution in [0.15, 0.2) is 82.8 Å². The second-order valence-corrected chi connectivity index (χ2v) is 6.80. The van der Waals surface area contributed by atoms with Gasteiger partial charge in [0.2, 0.25) is 0 Å². The van der Waals surface area contributed by atoms with E-state index in [2.05, 4.69) is 20.3 Å². The molecule has 0 atom stereocenters. The molecule has 1 aliphatic heterocycles. The molecule has 156 valence electrons. The topological polar surface area (TPSA) is 88.6 Å². The van der Waals surface area contributed by atoms with E-state index in [1.54, 1.807) is 19.5 Å². The van der Waals surface area contributed by atoms with Crippen molar-refractivity contribution in [3.63, 3.8) is 0 Å². The summed E-state index contributed by atoms with van der Waals surface area (Å²) in [7, 11) is 1.65. The Morgan fingerprint density at radius 3 is 2.61 bits per heavy atom. The fraction of sp³-hybridized carbons (Fsp3) is 0.125. The Kier molecular flexibility index (Phi) is 6.23. The predicted molar refractivity (Wildman–Crippen MR) is 122 cm³/mol. The number of rotatable bonds is 4. The number of benzene rings is 3. The van der Waals surface area contributed by atoms with Gasteiger partial charge in [-0.25, -0.2) is 4.98 Å². The fourth-order valence-electron chi connectivity index (χ4n) is 3.15. The summed E-state index contributed by atoms with van der Waals surface area (Å²) in [4.78, 5) is 21.8. The number of nitrogens with one attached hydrogen (secondary N) is 2. The summed E-state index contributed by atoms with van der Waals surface area (Å²) in [6.45, 7) is 1.18. The first-order valence-corrected chi connectivity index (χ1v) is 9.79. The molecule has 0 spiro atoms. The molecule has 0 fully saturated rings. The molecule has 5 rings (SSSR count). The molecule has 0 aliphatic carbocycles. The normalized spacial score (nSPS) is 11.6. The maximum atomic E-state index is 11.1. The van der Waals surface area contributed by atoms with Crippen LogP contribution in [0, 0.1) is 0 Å². The van der Waals surface area contributed by atoms with Crippen molar-refractivity contribution >= 4 is 22.9 Å². The van der Waals surface area contributed by atoms with Gasteiger partial charge >= 0.3 is 0 Å². The number of fused-ring (bicyclic) bond motifs is 2. The number of anilines is 1. The van der Waals surface area contributed by atoms with Gasteiger partial charge in [-0.3, -0.25) is 9.79 Å². The lowest BCUT2D eigenvalue weighted by atomic mass is 10.1. The monoisotopic (exact) mass is 414 g/mol. The zero-order chi connectivity index (χ0) is 21.5. The molecule has 2 heterocycles. The average Bonchev–Trinajstić information content (AvgIpc) is 2.83. The number of H-pyrrole nitrogens is 1. The molecule has 31 heavy (non-hydrogen) atoms. The number of methoxy groups -OCH3 is 1. The molecule has 3 aromatic carbocycles. The first kappa shape index (κ1) is 20.2. The Bertz CT molecular complexity index is 1250. The SMILES string of the molecule is COc1cc2c(cc1OCc1ccccc1)NC=NC2.O=c1[nH]cnc2ccccc12. The molecule has 0 bridgehead atoms. The molecule has 0 amide bonds. The van der Waals surface area contributed by atoms with E-state index >= 15 is 0 Å². The number of nitrogens with zero attached hydrogens (tertiary/aromatic N) is 2. The van der Waals surface area contributed by atoms with E-state index in [0.717, 1.165) is 33.8 Å². The molecular formula is C24H22N4O3. The van der Waals surface area contributed by atoms with Crippen LogP contribution in [0.2, 0.25) is 0 Å². The molecular weight excluding hydrogens is 392 g/mol. The molecule has 0 unspecified atom stereocenters. The highest BCUT2D eigenvalue weighted by Gasteiger charge is 2.13. The summed E-state index contributed by atoms with van der Waals surface area (Å²) in [5.74, 6) is 1.47. The Morgan fingerprint density at radius 1 is 1.00 bits per heavy atom. The number of hydrogen-bond acceptors (Lipinski definition) is 6. The van der Waals surface area contributed by atoms with Crippen molar-refractivity contribution in [2.24, 2.45) is 4.99 Å². The van der Waals surface area contributed by atoms with Gasteiger partial charge in [-0.2, -0.15) is 0 Å². The van der Waals surface area contributed by atoms with E-state index in [9.17, 15) is 4.79 Å². The summed E-state index contributed by atoms with van der Waals surface area (Å²) < 4.78 is 11.3. The van der Waals surface area contributed by atoms with Crippen LogP contribution >= 0.6 is 0 Å². The molecule has 7 nitrogen and oxygen atoms in total. The van der Waals surface area contributed by atoms with Gasteiger partial charge < -0.3 is 19.8 Å². The average molecular weight is 414 g/mol. The van der Waals surface area contributed by atoms with Crippen LogP contribution in [0.5, 0.6) is 11.5 Å². The molecule has 4 aromatic rings. The van der Waals surface area contributed by atoms with Crippen LogP contribution < -0.4 is 20.3 Å². The molecule has 1 aromatic heterocycles. The maximum Gasteiger partial charge on any atom is 0.258 e. The van der Waals surface area contributed by atoms with Crippen LogP contribution in [0.25, 0.3) is 10.9 Å². The summed E-state index contributed by atoms with van der Waals surface area (Å²) in [5.41, 5.74) is 3.90. The van der Waals surface area contributed by atoms with Gasteiger partial charge in [0.15, 0.2) is 11.5 Å². The van der Waals surface area contributed by atoms with Crippen molar-refractivity contribution in [2.75, 3.05) is 12.4 Å². The second-order valence-electron chi connectivity index (χ2n) is 6.80. The van der Waals surface area contributed by atoms with Crippen LogP contribution in [-0.2, 0) is 13.2 Å². The lowest BCUT2D eigenvalue weighted by molar-refractivity contribution is 0.284. The van der Waals surface area contributed by atoms with Gasteiger partial charge in [0.1, 0.15) is 6.61 Å². The number of ether oxygens (including phenoxy) is 2. The van der Waals surface area contributed by atoms with Gasteiger partial charge in [-0.15, -0.1) is 0 Å². The highest BCUT2D eigenvalue weighted by molar-refractivity contribution is 5.81. The Hall–Kier alpha value is -4.13. The third-order valence-corrected chi connectivity index (χ3v) is 4.75. The van der Waals surface area contributed by atoms with E-state index in [4.69, 9.17) is 9.47 Å². The molecule has 0 radical (unpaired) electrons. The maximum absolute atomic E-state index is 11.1. The van der Waals surface area contributed by atoms with Gasteiger partial charge in [-0.1, -0.05) is 42.5 Å². The molecule has 0 saturated heterocycles. The van der Waals surface area contributed by atoms with Crippen LogP contribution in [-0.4, -0.2) is 23.4 Å². The predicted octanol–water partition coefficient (Wildman–Crippen LogP) is 4.15. The summed E-state index contributed by atoms with van der Waals surface area (Å²) in [5, 5.41) is 3.76. The smallest absolute Gasteiger partial charge is 0.258 e. The lowest BCUT2D eigenvalue weighted by Gasteiger charge is -2.17. The zero-order valence-electron chi connectivity index (χ0n) is 17.0. The minimum absolute atomic E-state index is 0.0874. The van der Waals surface area contributed by atoms with E-state index in [0.29, 0.717) is 18.5 Å². The zero-order valence-corrected chi connectivity index (χ0v) is 17.0. The quantitative estimate of drug-likeness (QED) is 0.524. The largest absolute Gasteiger partial charge is 0.493 e. The Morgan fingerprint density at radius 2 is 1.81 bits per heavy atom. The molecule has 7 heteroatoms. The van der Waals surface area contributed by atoms with Gasteiger partial charge in [0.05, 0.1) is 37.2 Å². The van der Waals surface area contributed by atoms with Crippen molar-refractivity contribution in [1.29, 1.82) is 0 Å². The van der Waals surface area contributed by atoms with Crippen molar-refractivity contribution < 1.29 is 9.47 Å². The molecule has 0 saturated carbocycles. The van der Waals surface area contributed by atoms with Gasteiger partial charge in [-0.05, 0) is 23.8 Å². The van der Waals surface area contributed by atoms with Crippen LogP contribution in [0.1, 0.15) is 11.1 Å². The van der Waals surface area contributed by atoms with E-state index < -0.39 is 0 Å². The van der Waals surface area contributed by atoms with E-state index in [-0.39, 0.29) is 5.56 Å². The second kappa shape index (κ2) is 9.58. The first-order valence-electron chi connectivity index (χ1n) is 9.79. The third-order valence-electron chi connectivity index (χ3n) is 4.75. The molecule has 2 N–H and O–H groups in total. The number of aromatic amines is 1. The fourth-order valence-corrected chi connectivity index (χ4v) is 3.15. The van der Waals surface area contributed by atoms with E-state index in [1.165, 1.54) is 6.33 Å². The highest BCUT2D eigenvalue weighted by Crippen LogP contribution is 2.35. The summed E-state index contributed by atoms with van der Waals surface area (Å²) in [6, 6.07) is 21.2. The standard InChI is InChI=1S/C16H16N2O2.C8H6N2O/c1-19-15-7-13-9-17-11-18-14(13)8-16(15)20-10-12-5-3-2-4-6-12;11-8-6-3-1-2-4-7(6)9-5-10-8/h2-8,11H,9-10H2,1H3,(H,17,18);1-5H,(H,9,10,11). The van der Waals surface area contributed by atoms with Crippen molar-refractivity contribution in [3.8, 4) is 11.5 Å². The number of para-hydroxylation sites is 1. The minimum Gasteiger partial charge on any atom is -0.493 e. The summed E-state index contributed by atoms with van der Waals surface area (Å²) >= 11 is 0. The van der Waals surface area contributed by atoms with Crippen molar-refractivity contribution in [2.45, 2.75) is 13.2 Å². The highest BCUT2D eigenvalue weighted by atomic mass is 16.5. The number of hydrogen-bond donors (Lipinski definition) is 2. The number of aliphatic imine (C=N–C) groups is 1. The van der Waals surface area contributed by atoms with Crippen molar-refractivity contribution in [1.82, 2.24) is 9.97 Å². The van der Waals surface area contributed by atoms with Gasteiger partial charge in [0, 0.05) is 17.3 Å².